The van der Waals surface area contributed by atoms with Crippen LogP contribution in [0.25, 0.3) is 0 Å². The van der Waals surface area contributed by atoms with Crippen molar-refractivity contribution in [2.45, 2.75) is 5.03 Å². The van der Waals surface area contributed by atoms with Crippen LogP contribution in [0.15, 0.2) is 11.2 Å². The first-order valence-electron chi connectivity index (χ1n) is 3.15. The molecule has 1 aromatic heterocycles. The molecule has 12 heavy (non-hydrogen) atoms. The number of hydrogen-bond donors (Lipinski definition) is 1. The van der Waals surface area contributed by atoms with Crippen molar-refractivity contribution in [2.75, 3.05) is 12.4 Å². The highest BCUT2D eigenvalue weighted by molar-refractivity contribution is 14.1. The van der Waals surface area contributed by atoms with Crippen molar-refractivity contribution < 1.29 is 5.11 Å². The van der Waals surface area contributed by atoms with Gasteiger partial charge in [-0.1, -0.05) is 0 Å². The van der Waals surface area contributed by atoms with Crippen LogP contribution >= 0.6 is 46.0 Å². The molecule has 0 aliphatic rings. The van der Waals surface area contributed by atoms with E-state index < -0.39 is 0 Å². The molecule has 0 unspecified atom stereocenters. The molecule has 1 aromatic rings. The molecule has 0 saturated carbocycles. The minimum absolute atomic E-state index is 0.141. The molecule has 0 aliphatic heterocycles. The Morgan fingerprint density at radius 1 is 1.67 bits per heavy atom. The summed E-state index contributed by atoms with van der Waals surface area (Å²) in [4.78, 5) is 7.83. The predicted octanol–water partition coefficient (Wildman–Crippen LogP) is 1.82. The zero-order chi connectivity index (χ0) is 8.97. The summed E-state index contributed by atoms with van der Waals surface area (Å²) in [5, 5.41) is 9.66. The van der Waals surface area contributed by atoms with E-state index in [0.717, 1.165) is 8.60 Å². The summed E-state index contributed by atoms with van der Waals surface area (Å²) in [5.41, 5.74) is 0. The number of halogens is 2. The molecule has 0 atom stereocenters. The van der Waals surface area contributed by atoms with E-state index in [1.807, 2.05) is 0 Å². The normalized spacial score (nSPS) is 10.2. The number of aliphatic hydroxyl groups excluding tert-OH is 1. The van der Waals surface area contributed by atoms with Crippen LogP contribution in [-0.4, -0.2) is 27.4 Å². The van der Waals surface area contributed by atoms with Gasteiger partial charge >= 0.3 is 0 Å². The summed E-state index contributed by atoms with van der Waals surface area (Å²) in [6, 6.07) is 0. The number of nitrogens with zero attached hydrogens (tertiary/aromatic N) is 2. The van der Waals surface area contributed by atoms with Crippen molar-refractivity contribution >= 4 is 46.0 Å². The van der Waals surface area contributed by atoms with Crippen LogP contribution in [0.5, 0.6) is 0 Å². The topological polar surface area (TPSA) is 46.0 Å². The van der Waals surface area contributed by atoms with Gasteiger partial charge in [0, 0.05) is 11.9 Å². The molecule has 66 valence electrons. The molecule has 0 fully saturated rings. The predicted molar refractivity (Wildman–Crippen MR) is 57.6 cm³/mol. The third-order valence-corrected chi connectivity index (χ3v) is 3.32. The summed E-state index contributed by atoms with van der Waals surface area (Å²) in [6.45, 7) is 0.141. The second kappa shape index (κ2) is 5.21. The Labute approximate surface area is 93.1 Å². The van der Waals surface area contributed by atoms with Gasteiger partial charge in [-0.25, -0.2) is 9.97 Å². The highest BCUT2D eigenvalue weighted by Gasteiger charge is 2.03. The van der Waals surface area contributed by atoms with E-state index in [4.69, 9.17) is 16.7 Å². The molecule has 0 bridgehead atoms. The second-order valence-electron chi connectivity index (χ2n) is 1.86. The first-order chi connectivity index (χ1) is 5.74. The number of hydrogen-bond acceptors (Lipinski definition) is 4. The van der Waals surface area contributed by atoms with Crippen molar-refractivity contribution in [1.82, 2.24) is 9.97 Å². The van der Waals surface area contributed by atoms with Gasteiger partial charge in [0.05, 0.1) is 10.2 Å². The third kappa shape index (κ3) is 3.04. The molecule has 0 saturated heterocycles. The van der Waals surface area contributed by atoms with Crippen LogP contribution in [0.3, 0.4) is 0 Å². The maximum absolute atomic E-state index is 8.59. The molecule has 0 amide bonds. The van der Waals surface area contributed by atoms with Crippen LogP contribution in [0.2, 0.25) is 5.28 Å². The molecule has 0 radical (unpaired) electrons. The largest absolute Gasteiger partial charge is 0.396 e. The summed E-state index contributed by atoms with van der Waals surface area (Å²) >= 11 is 9.19. The molecule has 1 heterocycles. The number of aromatic nitrogens is 2. The van der Waals surface area contributed by atoms with Gasteiger partial charge in [0.2, 0.25) is 5.28 Å². The average molecular weight is 317 g/mol. The highest BCUT2D eigenvalue weighted by atomic mass is 127. The number of aliphatic hydroxyl groups is 1. The van der Waals surface area contributed by atoms with E-state index >= 15 is 0 Å². The SMILES string of the molecule is OCCSc1nc(Cl)ncc1I. The van der Waals surface area contributed by atoms with E-state index in [1.165, 1.54) is 11.8 Å². The fraction of sp³-hybridized carbons (Fsp3) is 0.333. The molecule has 1 rings (SSSR count). The zero-order valence-corrected chi connectivity index (χ0v) is 9.73. The first-order valence-corrected chi connectivity index (χ1v) is 5.60. The minimum atomic E-state index is 0.141. The number of rotatable bonds is 3. The van der Waals surface area contributed by atoms with Gasteiger partial charge in [-0.05, 0) is 34.2 Å². The van der Waals surface area contributed by atoms with Crippen molar-refractivity contribution in [1.29, 1.82) is 0 Å². The fourth-order valence-electron chi connectivity index (χ4n) is 0.575. The number of thioether (sulfide) groups is 1. The van der Waals surface area contributed by atoms with Gasteiger partial charge < -0.3 is 5.11 Å². The third-order valence-electron chi connectivity index (χ3n) is 1.01. The molecule has 3 nitrogen and oxygen atoms in total. The quantitative estimate of drug-likeness (QED) is 0.400. The van der Waals surface area contributed by atoms with E-state index in [0.29, 0.717) is 5.75 Å². The smallest absolute Gasteiger partial charge is 0.223 e. The lowest BCUT2D eigenvalue weighted by Gasteiger charge is -2.00. The lowest BCUT2D eigenvalue weighted by atomic mass is 10.7. The van der Waals surface area contributed by atoms with Crippen molar-refractivity contribution in [3.63, 3.8) is 0 Å². The first kappa shape index (κ1) is 10.5. The fourth-order valence-corrected chi connectivity index (χ4v) is 2.11. The molecular weight excluding hydrogens is 311 g/mol. The Kier molecular flexibility index (Phi) is 4.55. The molecular formula is C6H6ClIN2OS. The van der Waals surface area contributed by atoms with Gasteiger partial charge in [0.15, 0.2) is 0 Å². The molecule has 6 heteroatoms. The van der Waals surface area contributed by atoms with E-state index in [9.17, 15) is 0 Å². The van der Waals surface area contributed by atoms with Gasteiger partial charge in [-0.2, -0.15) is 0 Å². The summed E-state index contributed by atoms with van der Waals surface area (Å²) in [7, 11) is 0. The Morgan fingerprint density at radius 3 is 3.08 bits per heavy atom. The molecule has 1 N–H and O–H groups in total. The van der Waals surface area contributed by atoms with Crippen molar-refractivity contribution in [2.24, 2.45) is 0 Å². The standard InChI is InChI=1S/C6H6ClIN2OS/c7-6-9-3-4(8)5(10-6)12-2-1-11/h3,11H,1-2H2. The Balaban J connectivity index is 2.75. The van der Waals surface area contributed by atoms with Crippen LogP contribution in [0.4, 0.5) is 0 Å². The second-order valence-corrected chi connectivity index (χ2v) is 4.45. The summed E-state index contributed by atoms with van der Waals surface area (Å²) in [6.07, 6.45) is 1.66. The van der Waals surface area contributed by atoms with Crippen LogP contribution in [-0.2, 0) is 0 Å². The van der Waals surface area contributed by atoms with Crippen LogP contribution in [0.1, 0.15) is 0 Å². The maximum atomic E-state index is 8.59. The van der Waals surface area contributed by atoms with Gasteiger partial charge in [-0.15, -0.1) is 11.8 Å². The zero-order valence-electron chi connectivity index (χ0n) is 6.00. The summed E-state index contributed by atoms with van der Waals surface area (Å²) < 4.78 is 0.954. The van der Waals surface area contributed by atoms with E-state index in [1.54, 1.807) is 6.20 Å². The Hall–Kier alpha value is 0.410. The minimum Gasteiger partial charge on any atom is -0.396 e. The molecule has 0 aliphatic carbocycles. The van der Waals surface area contributed by atoms with Gasteiger partial charge in [0.25, 0.3) is 0 Å². The summed E-state index contributed by atoms with van der Waals surface area (Å²) in [5.74, 6) is 0.628. The van der Waals surface area contributed by atoms with Crippen molar-refractivity contribution in [3.05, 3.63) is 15.1 Å². The van der Waals surface area contributed by atoms with E-state index in [2.05, 4.69) is 32.6 Å². The highest BCUT2D eigenvalue weighted by Crippen LogP contribution is 2.21. The lowest BCUT2D eigenvalue weighted by molar-refractivity contribution is 0.322. The molecule has 0 spiro atoms. The average Bonchev–Trinajstić information content (AvgIpc) is 2.07. The van der Waals surface area contributed by atoms with Gasteiger partial charge in [0.1, 0.15) is 5.03 Å². The Morgan fingerprint density at radius 2 is 2.42 bits per heavy atom. The van der Waals surface area contributed by atoms with Gasteiger partial charge in [-0.3, -0.25) is 0 Å². The van der Waals surface area contributed by atoms with E-state index in [-0.39, 0.29) is 11.9 Å². The van der Waals surface area contributed by atoms with Crippen molar-refractivity contribution in [3.8, 4) is 0 Å². The maximum Gasteiger partial charge on any atom is 0.223 e. The van der Waals surface area contributed by atoms with Crippen LogP contribution < -0.4 is 0 Å². The monoisotopic (exact) mass is 316 g/mol. The lowest BCUT2D eigenvalue weighted by Crippen LogP contribution is -1.92. The molecule has 0 aromatic carbocycles. The van der Waals surface area contributed by atoms with Crippen LogP contribution in [0, 0.1) is 3.57 Å². The Bertz CT molecular complexity index is 274.